The Hall–Kier alpha value is -0.480. The average molecular weight is 269 g/mol. The van der Waals surface area contributed by atoms with Gasteiger partial charge >= 0.3 is 0 Å². The van der Waals surface area contributed by atoms with E-state index in [2.05, 4.69) is 5.32 Å². The van der Waals surface area contributed by atoms with Gasteiger partial charge in [0.25, 0.3) is 0 Å². The minimum atomic E-state index is -0.158. The number of hydrogen-bond donors (Lipinski definition) is 2. The number of aliphatic hydroxyl groups excluding tert-OH is 1. The predicted molar refractivity (Wildman–Crippen MR) is 75.6 cm³/mol. The molecule has 1 aliphatic carbocycles. The lowest BCUT2D eigenvalue weighted by Crippen LogP contribution is -2.32. The van der Waals surface area contributed by atoms with Crippen LogP contribution in [0.15, 0.2) is 11.6 Å². The molecule has 0 radical (unpaired) electrons. The smallest absolute Gasteiger partial charge is 0.243 e. The number of carbonyl (C=O) groups excluding carboxylic acids is 1. The summed E-state index contributed by atoms with van der Waals surface area (Å²) in [7, 11) is 0. The van der Waals surface area contributed by atoms with Gasteiger partial charge in [0.2, 0.25) is 5.91 Å². The van der Waals surface area contributed by atoms with Crippen molar-refractivity contribution >= 4 is 17.7 Å². The van der Waals surface area contributed by atoms with Crippen LogP contribution in [0.4, 0.5) is 0 Å². The predicted octanol–water partition coefficient (Wildman–Crippen LogP) is 2.11. The first-order chi connectivity index (χ1) is 8.74. The van der Waals surface area contributed by atoms with E-state index in [1.165, 1.54) is 5.57 Å². The van der Waals surface area contributed by atoms with Gasteiger partial charge in [-0.1, -0.05) is 12.0 Å². The summed E-state index contributed by atoms with van der Waals surface area (Å²) in [6.45, 7) is 0.717. The third-order valence-electron chi connectivity index (χ3n) is 3.79. The quantitative estimate of drug-likeness (QED) is 0.772. The molecule has 1 saturated heterocycles. The highest BCUT2D eigenvalue weighted by Crippen LogP contribution is 2.24. The Balaban J connectivity index is 1.70. The summed E-state index contributed by atoms with van der Waals surface area (Å²) < 4.78 is 0. The number of nitrogens with one attached hydrogen (secondary N) is 1. The van der Waals surface area contributed by atoms with Gasteiger partial charge in [-0.15, -0.1) is 0 Å². The number of carbonyl (C=O) groups is 1. The van der Waals surface area contributed by atoms with Gasteiger partial charge in [0.15, 0.2) is 0 Å². The van der Waals surface area contributed by atoms with Crippen molar-refractivity contribution in [2.75, 3.05) is 18.1 Å². The Morgan fingerprint density at radius 3 is 2.89 bits per heavy atom. The first kappa shape index (κ1) is 13.9. The lowest BCUT2D eigenvalue weighted by molar-refractivity contribution is -0.116. The fourth-order valence-electron chi connectivity index (χ4n) is 2.71. The number of amides is 1. The third kappa shape index (κ3) is 4.65. The second-order valence-corrected chi connectivity index (χ2v) is 6.57. The molecular formula is C14H23NO2S. The van der Waals surface area contributed by atoms with Crippen molar-refractivity contribution in [2.24, 2.45) is 5.92 Å². The fourth-order valence-corrected chi connectivity index (χ4v) is 3.72. The topological polar surface area (TPSA) is 49.3 Å². The highest BCUT2D eigenvalue weighted by molar-refractivity contribution is 7.99. The van der Waals surface area contributed by atoms with Crippen LogP contribution < -0.4 is 5.32 Å². The van der Waals surface area contributed by atoms with Gasteiger partial charge in [-0.3, -0.25) is 4.79 Å². The van der Waals surface area contributed by atoms with Crippen LogP contribution in [0.3, 0.4) is 0 Å². The van der Waals surface area contributed by atoms with Gasteiger partial charge in [-0.25, -0.2) is 0 Å². The highest BCUT2D eigenvalue weighted by Gasteiger charge is 2.20. The van der Waals surface area contributed by atoms with E-state index in [1.54, 1.807) is 6.08 Å². The molecule has 0 spiro atoms. The zero-order valence-corrected chi connectivity index (χ0v) is 11.7. The van der Waals surface area contributed by atoms with Crippen LogP contribution in [0.5, 0.6) is 0 Å². The molecule has 2 aliphatic rings. The second kappa shape index (κ2) is 7.19. The van der Waals surface area contributed by atoms with Gasteiger partial charge in [0, 0.05) is 12.6 Å². The van der Waals surface area contributed by atoms with E-state index in [4.69, 9.17) is 0 Å². The first-order valence-electron chi connectivity index (χ1n) is 6.97. The summed E-state index contributed by atoms with van der Waals surface area (Å²) in [5, 5.41) is 12.6. The van der Waals surface area contributed by atoms with Crippen LogP contribution in [-0.4, -0.2) is 35.2 Å². The third-order valence-corrected chi connectivity index (χ3v) is 4.78. The molecule has 0 aromatic carbocycles. The number of allylic oxidation sites excluding steroid dienone is 1. The molecular weight excluding hydrogens is 246 g/mol. The van der Waals surface area contributed by atoms with Crippen molar-refractivity contribution < 1.29 is 9.90 Å². The van der Waals surface area contributed by atoms with Crippen LogP contribution in [0.1, 0.15) is 38.5 Å². The molecule has 2 atom stereocenters. The molecule has 3 nitrogen and oxygen atoms in total. The fraction of sp³-hybridized carbons (Fsp3) is 0.786. The van der Waals surface area contributed by atoms with E-state index in [-0.39, 0.29) is 12.0 Å². The Bertz CT molecular complexity index is 309. The first-order valence-corrected chi connectivity index (χ1v) is 8.12. The second-order valence-electron chi connectivity index (χ2n) is 5.35. The Morgan fingerprint density at radius 1 is 1.39 bits per heavy atom. The molecule has 0 aromatic rings. The van der Waals surface area contributed by atoms with E-state index >= 15 is 0 Å². The molecule has 4 heteroatoms. The van der Waals surface area contributed by atoms with Crippen molar-refractivity contribution in [3.8, 4) is 0 Å². The molecule has 2 rings (SSSR count). The minimum Gasteiger partial charge on any atom is -0.393 e. The van der Waals surface area contributed by atoms with E-state index < -0.39 is 0 Å². The largest absolute Gasteiger partial charge is 0.393 e. The molecule has 2 N–H and O–H groups in total. The average Bonchev–Trinajstić information content (AvgIpc) is 2.38. The number of thioether (sulfide) groups is 1. The molecule has 1 aliphatic heterocycles. The molecule has 0 bridgehead atoms. The molecule has 0 aromatic heterocycles. The molecule has 2 fully saturated rings. The van der Waals surface area contributed by atoms with Gasteiger partial charge in [-0.05, 0) is 49.5 Å². The van der Waals surface area contributed by atoms with Gasteiger partial charge in [0.05, 0.1) is 6.10 Å². The Morgan fingerprint density at radius 2 is 2.17 bits per heavy atom. The van der Waals surface area contributed by atoms with E-state index in [1.807, 2.05) is 11.8 Å². The number of rotatable bonds is 3. The molecule has 1 amide bonds. The lowest BCUT2D eigenvalue weighted by Gasteiger charge is -2.25. The van der Waals surface area contributed by atoms with Crippen LogP contribution in [0.2, 0.25) is 0 Å². The zero-order chi connectivity index (χ0) is 12.8. The summed E-state index contributed by atoms with van der Waals surface area (Å²) in [5.41, 5.74) is 1.29. The van der Waals surface area contributed by atoms with E-state index in [9.17, 15) is 9.90 Å². The van der Waals surface area contributed by atoms with Gasteiger partial charge in [0.1, 0.15) is 0 Å². The van der Waals surface area contributed by atoms with Crippen molar-refractivity contribution in [3.05, 3.63) is 11.6 Å². The monoisotopic (exact) mass is 269 g/mol. The number of hydrogen-bond acceptors (Lipinski definition) is 3. The van der Waals surface area contributed by atoms with Gasteiger partial charge < -0.3 is 10.4 Å². The van der Waals surface area contributed by atoms with Crippen molar-refractivity contribution in [1.82, 2.24) is 5.32 Å². The number of aliphatic hydroxyl groups is 1. The van der Waals surface area contributed by atoms with Crippen LogP contribution >= 0.6 is 11.8 Å². The van der Waals surface area contributed by atoms with Crippen molar-refractivity contribution in [3.63, 3.8) is 0 Å². The zero-order valence-electron chi connectivity index (χ0n) is 10.9. The normalized spacial score (nSPS) is 28.8. The Kier molecular flexibility index (Phi) is 5.57. The van der Waals surface area contributed by atoms with Crippen LogP contribution in [0, 0.1) is 5.92 Å². The van der Waals surface area contributed by atoms with Gasteiger partial charge in [-0.2, -0.15) is 11.8 Å². The lowest BCUT2D eigenvalue weighted by atomic mass is 9.87. The molecule has 102 valence electrons. The Labute approximate surface area is 113 Å². The highest BCUT2D eigenvalue weighted by atomic mass is 32.2. The molecule has 2 unspecified atom stereocenters. The van der Waals surface area contributed by atoms with E-state index in [0.29, 0.717) is 12.5 Å². The standard InChI is InChI=1S/C14H23NO2S/c16-13-3-1-2-12(8-13)10-15-14(17)9-11-4-6-18-7-5-11/h9,12-13,16H,1-8,10H2,(H,15,17). The van der Waals surface area contributed by atoms with Crippen molar-refractivity contribution in [2.45, 2.75) is 44.6 Å². The molecule has 18 heavy (non-hydrogen) atoms. The summed E-state index contributed by atoms with van der Waals surface area (Å²) >= 11 is 1.96. The molecule has 1 heterocycles. The summed E-state index contributed by atoms with van der Waals surface area (Å²) in [6.07, 6.45) is 7.72. The van der Waals surface area contributed by atoms with Crippen molar-refractivity contribution in [1.29, 1.82) is 0 Å². The maximum absolute atomic E-state index is 11.8. The summed E-state index contributed by atoms with van der Waals surface area (Å²) in [5.74, 6) is 2.80. The maximum atomic E-state index is 11.8. The summed E-state index contributed by atoms with van der Waals surface area (Å²) in [4.78, 5) is 11.8. The SMILES string of the molecule is O=C(C=C1CCSCC1)NCC1CCCC(O)C1. The maximum Gasteiger partial charge on any atom is 0.243 e. The summed E-state index contributed by atoms with van der Waals surface area (Å²) in [6, 6.07) is 0. The molecule has 1 saturated carbocycles. The minimum absolute atomic E-state index is 0.0527. The van der Waals surface area contributed by atoms with E-state index in [0.717, 1.165) is 50.0 Å². The van der Waals surface area contributed by atoms with Crippen LogP contribution in [-0.2, 0) is 4.79 Å². The van der Waals surface area contributed by atoms with Crippen LogP contribution in [0.25, 0.3) is 0 Å².